The summed E-state index contributed by atoms with van der Waals surface area (Å²) in [6, 6.07) is 0. The van der Waals surface area contributed by atoms with Crippen molar-refractivity contribution in [3.8, 4) is 0 Å². The van der Waals surface area contributed by atoms with Crippen molar-refractivity contribution in [2.45, 2.75) is 247 Å². The number of carbonyl (C=O) groups is 3. The maximum Gasteiger partial charge on any atom is 0.305 e. The minimum absolute atomic E-state index is 0.0159. The number of esters is 2. The molecule has 0 saturated heterocycles. The monoisotopic (exact) mass is 824 g/mol. The fraction of sp³-hybridized carbons (Fsp3) is 0.941. The Morgan fingerprint density at radius 3 is 1.16 bits per heavy atom. The molecule has 0 fully saturated rings. The van der Waals surface area contributed by atoms with Gasteiger partial charge < -0.3 is 23.9 Å². The average Bonchev–Trinajstić information content (AvgIpc) is 3.23. The number of ether oxygens (including phenoxy) is 3. The molecule has 7 nitrogen and oxygen atoms in total. The third-order valence-electron chi connectivity index (χ3n) is 12.0. The van der Waals surface area contributed by atoms with Crippen LogP contribution in [0, 0.1) is 17.8 Å². The summed E-state index contributed by atoms with van der Waals surface area (Å²) in [5.41, 5.74) is 0. The Labute approximate surface area is 362 Å². The molecule has 0 aliphatic carbocycles. The molecule has 0 atom stereocenters. The number of unbranched alkanes of at least 4 members (excludes halogenated alkanes) is 16. The number of nitrogens with zero attached hydrogens (tertiary/aromatic N) is 1. The SMILES string of the molecule is CCCCC(CCCC)CCOC(=O)CCCCCCCCCC(C=O)CCCCCCCCCC(=O)OCCC(CCCC)CCCC.CCN(C)CCCOC. The number of carbonyl (C=O) groups excluding carboxylic acids is 3. The van der Waals surface area contributed by atoms with Gasteiger partial charge in [0.25, 0.3) is 0 Å². The molecule has 0 spiro atoms. The first kappa shape index (κ1) is 58.6. The Morgan fingerprint density at radius 1 is 0.466 bits per heavy atom. The Morgan fingerprint density at radius 2 is 0.828 bits per heavy atom. The molecule has 0 amide bonds. The first-order valence-corrected chi connectivity index (χ1v) is 25.2. The molecule has 58 heavy (non-hydrogen) atoms. The Kier molecular flexibility index (Phi) is 48.7. The molecule has 0 saturated carbocycles. The highest BCUT2D eigenvalue weighted by Crippen LogP contribution is 2.22. The minimum atomic E-state index is -0.0159. The van der Waals surface area contributed by atoms with E-state index >= 15 is 0 Å². The van der Waals surface area contributed by atoms with Crippen LogP contribution in [0.25, 0.3) is 0 Å². The molecule has 0 aromatic heterocycles. The highest BCUT2D eigenvalue weighted by molar-refractivity contribution is 5.69. The number of aldehydes is 1. The van der Waals surface area contributed by atoms with Gasteiger partial charge in [0, 0.05) is 39.0 Å². The Bertz CT molecular complexity index is 781. The third kappa shape index (κ3) is 44.1. The van der Waals surface area contributed by atoms with Crippen molar-refractivity contribution >= 4 is 18.2 Å². The van der Waals surface area contributed by atoms with Crippen LogP contribution in [0.1, 0.15) is 247 Å². The lowest BCUT2D eigenvalue weighted by molar-refractivity contribution is -0.145. The summed E-state index contributed by atoms with van der Waals surface area (Å²) < 4.78 is 16.0. The first-order valence-electron chi connectivity index (χ1n) is 25.2. The summed E-state index contributed by atoms with van der Waals surface area (Å²) in [5.74, 6) is 1.62. The van der Waals surface area contributed by atoms with E-state index < -0.39 is 0 Å². The van der Waals surface area contributed by atoms with Gasteiger partial charge in [-0.15, -0.1) is 0 Å². The van der Waals surface area contributed by atoms with E-state index in [1.807, 2.05) is 0 Å². The van der Waals surface area contributed by atoms with Crippen LogP contribution in [-0.2, 0) is 28.6 Å². The van der Waals surface area contributed by atoms with Gasteiger partial charge in [-0.3, -0.25) is 9.59 Å². The van der Waals surface area contributed by atoms with Crippen LogP contribution in [0.4, 0.5) is 0 Å². The number of hydrogen-bond acceptors (Lipinski definition) is 7. The molecule has 0 aromatic rings. The van der Waals surface area contributed by atoms with Gasteiger partial charge in [0.1, 0.15) is 6.29 Å². The number of hydrogen-bond donors (Lipinski definition) is 0. The molecule has 0 aliphatic rings. The molecule has 0 heterocycles. The Balaban J connectivity index is 0. The van der Waals surface area contributed by atoms with Gasteiger partial charge in [-0.25, -0.2) is 0 Å². The van der Waals surface area contributed by atoms with E-state index in [2.05, 4.69) is 46.6 Å². The van der Waals surface area contributed by atoms with Crippen LogP contribution in [0.15, 0.2) is 0 Å². The highest BCUT2D eigenvalue weighted by atomic mass is 16.5. The van der Waals surface area contributed by atoms with E-state index in [1.165, 1.54) is 135 Å². The molecule has 0 rings (SSSR count). The summed E-state index contributed by atoms with van der Waals surface area (Å²) in [7, 11) is 3.86. The van der Waals surface area contributed by atoms with Crippen molar-refractivity contribution in [2.24, 2.45) is 17.8 Å². The van der Waals surface area contributed by atoms with Crippen molar-refractivity contribution in [3.05, 3.63) is 0 Å². The van der Waals surface area contributed by atoms with Crippen LogP contribution in [0.3, 0.4) is 0 Å². The van der Waals surface area contributed by atoms with E-state index in [0.717, 1.165) is 90.3 Å². The molecule has 0 unspecified atom stereocenters. The summed E-state index contributed by atoms with van der Waals surface area (Å²) in [4.78, 5) is 38.1. The van der Waals surface area contributed by atoms with Gasteiger partial charge >= 0.3 is 11.9 Å². The molecule has 0 bridgehead atoms. The molecule has 7 heteroatoms. The Hall–Kier alpha value is -1.47. The van der Waals surface area contributed by atoms with Crippen molar-refractivity contribution in [1.29, 1.82) is 0 Å². The van der Waals surface area contributed by atoms with Gasteiger partial charge in [-0.05, 0) is 70.4 Å². The van der Waals surface area contributed by atoms with Crippen molar-refractivity contribution < 1.29 is 28.6 Å². The molecule has 0 aromatic carbocycles. The fourth-order valence-electron chi connectivity index (χ4n) is 7.70. The summed E-state index contributed by atoms with van der Waals surface area (Å²) in [5, 5.41) is 0. The van der Waals surface area contributed by atoms with Crippen LogP contribution in [0.5, 0.6) is 0 Å². The van der Waals surface area contributed by atoms with E-state index in [0.29, 0.717) is 37.9 Å². The first-order chi connectivity index (χ1) is 28.3. The van der Waals surface area contributed by atoms with E-state index in [9.17, 15) is 14.4 Å². The molecule has 346 valence electrons. The van der Waals surface area contributed by atoms with E-state index in [4.69, 9.17) is 14.2 Å². The smallest absolute Gasteiger partial charge is 0.305 e. The summed E-state index contributed by atoms with van der Waals surface area (Å²) in [6.07, 6.45) is 38.8. The van der Waals surface area contributed by atoms with Crippen molar-refractivity contribution in [2.75, 3.05) is 47.1 Å². The van der Waals surface area contributed by atoms with Crippen molar-refractivity contribution in [1.82, 2.24) is 4.90 Å². The molecule has 0 radical (unpaired) electrons. The zero-order valence-corrected chi connectivity index (χ0v) is 40.1. The van der Waals surface area contributed by atoms with Crippen LogP contribution >= 0.6 is 0 Å². The number of rotatable bonds is 44. The van der Waals surface area contributed by atoms with Crippen molar-refractivity contribution in [3.63, 3.8) is 0 Å². The lowest BCUT2D eigenvalue weighted by atomic mass is 9.93. The predicted molar refractivity (Wildman–Crippen MR) is 249 cm³/mol. The maximum absolute atomic E-state index is 12.1. The standard InChI is InChI=1S/C44H84O5.C7H17NO/c1-5-9-27-40(28-10-6-2)35-37-48-43(46)33-25-21-17-13-15-19-23-31-42(39-45)32-24-20-16-14-18-22-26-34-44(47)49-38-36-41(29-11-7-3)30-12-8-4;1-4-8(2)6-5-7-9-3/h39-42H,5-38H2,1-4H3;4-7H2,1-3H3. The average molecular weight is 824 g/mol. The number of methoxy groups -OCH3 is 1. The molecular weight excluding hydrogens is 723 g/mol. The zero-order chi connectivity index (χ0) is 43.2. The van der Waals surface area contributed by atoms with Gasteiger partial charge in [0.05, 0.1) is 13.2 Å². The van der Waals surface area contributed by atoms with Crippen LogP contribution in [0.2, 0.25) is 0 Å². The third-order valence-corrected chi connectivity index (χ3v) is 12.0. The lowest BCUT2D eigenvalue weighted by Crippen LogP contribution is -2.19. The second-order valence-electron chi connectivity index (χ2n) is 17.5. The quantitative estimate of drug-likeness (QED) is 0.0344. The maximum atomic E-state index is 12.1. The molecule has 0 aliphatic heterocycles. The predicted octanol–water partition coefficient (Wildman–Crippen LogP) is 14.7. The van der Waals surface area contributed by atoms with Gasteiger partial charge in [0.15, 0.2) is 0 Å². The second-order valence-corrected chi connectivity index (χ2v) is 17.5. The zero-order valence-electron chi connectivity index (χ0n) is 40.1. The minimum Gasteiger partial charge on any atom is -0.466 e. The van der Waals surface area contributed by atoms with Gasteiger partial charge in [0.2, 0.25) is 0 Å². The highest BCUT2D eigenvalue weighted by Gasteiger charge is 2.12. The normalized spacial score (nSPS) is 11.4. The fourth-order valence-corrected chi connectivity index (χ4v) is 7.70. The van der Waals surface area contributed by atoms with E-state index in [-0.39, 0.29) is 17.9 Å². The summed E-state index contributed by atoms with van der Waals surface area (Å²) >= 11 is 0. The topological polar surface area (TPSA) is 82.1 Å². The van der Waals surface area contributed by atoms with Crippen LogP contribution < -0.4 is 0 Å². The van der Waals surface area contributed by atoms with Crippen LogP contribution in [-0.4, -0.2) is 70.2 Å². The molecule has 0 N–H and O–H groups in total. The largest absolute Gasteiger partial charge is 0.466 e. The van der Waals surface area contributed by atoms with E-state index in [1.54, 1.807) is 7.11 Å². The lowest BCUT2D eigenvalue weighted by Gasteiger charge is -2.16. The van der Waals surface area contributed by atoms with Gasteiger partial charge in [-0.2, -0.15) is 0 Å². The second kappa shape index (κ2) is 48.2. The van der Waals surface area contributed by atoms with Gasteiger partial charge in [-0.1, -0.05) is 189 Å². The molecular formula is C51H101NO6. The summed E-state index contributed by atoms with van der Waals surface area (Å²) in [6.45, 7) is 15.5.